The Hall–Kier alpha value is -1.29. The van der Waals surface area contributed by atoms with Crippen LogP contribution < -0.4 is 5.46 Å². The van der Waals surface area contributed by atoms with Gasteiger partial charge in [0.1, 0.15) is 0 Å². The van der Waals surface area contributed by atoms with Crippen LogP contribution in [0.4, 0.5) is 0 Å². The third-order valence-corrected chi connectivity index (χ3v) is 1.93. The fourth-order valence-corrected chi connectivity index (χ4v) is 1.05. The lowest BCUT2D eigenvalue weighted by Crippen LogP contribution is -2.16. The predicted molar refractivity (Wildman–Crippen MR) is 50.1 cm³/mol. The van der Waals surface area contributed by atoms with E-state index in [0.29, 0.717) is 11.0 Å². The molecule has 0 saturated carbocycles. The second-order valence-electron chi connectivity index (χ2n) is 2.86. The molecular formula is C9H10BO3. The molecule has 1 rings (SSSR count). The van der Waals surface area contributed by atoms with Gasteiger partial charge in [0.25, 0.3) is 0 Å². The molecule has 1 aromatic rings. The zero-order valence-corrected chi connectivity index (χ0v) is 7.27. The van der Waals surface area contributed by atoms with E-state index in [9.17, 15) is 4.79 Å². The highest BCUT2D eigenvalue weighted by Crippen LogP contribution is 2.12. The van der Waals surface area contributed by atoms with Crippen LogP contribution in [0, 0.1) is 0 Å². The van der Waals surface area contributed by atoms with Gasteiger partial charge in [0.2, 0.25) is 0 Å². The highest BCUT2D eigenvalue weighted by Gasteiger charge is 2.13. The molecule has 0 aliphatic rings. The van der Waals surface area contributed by atoms with Gasteiger partial charge in [-0.05, 0) is 12.5 Å². The highest BCUT2D eigenvalue weighted by molar-refractivity contribution is 6.45. The van der Waals surface area contributed by atoms with Gasteiger partial charge in [-0.2, -0.15) is 0 Å². The average molecular weight is 177 g/mol. The van der Waals surface area contributed by atoms with E-state index >= 15 is 0 Å². The maximum absolute atomic E-state index is 10.6. The molecule has 0 fully saturated rings. The molecule has 0 saturated heterocycles. The minimum absolute atomic E-state index is 0.542. The Morgan fingerprint density at radius 2 is 2.23 bits per heavy atom. The van der Waals surface area contributed by atoms with Gasteiger partial charge in [-0.3, -0.25) is 4.79 Å². The van der Waals surface area contributed by atoms with Gasteiger partial charge in [-0.15, -0.1) is 0 Å². The van der Waals surface area contributed by atoms with Crippen molar-refractivity contribution >= 4 is 18.9 Å². The molecule has 67 valence electrons. The van der Waals surface area contributed by atoms with Crippen LogP contribution in [0.25, 0.3) is 0 Å². The zero-order chi connectivity index (χ0) is 9.84. The van der Waals surface area contributed by atoms with Gasteiger partial charge in [0.05, 0.1) is 5.92 Å². The summed E-state index contributed by atoms with van der Waals surface area (Å²) < 4.78 is 0. The molecule has 13 heavy (non-hydrogen) atoms. The fraction of sp³-hybridized carbons (Fsp3) is 0.222. The molecule has 0 amide bonds. The maximum atomic E-state index is 10.6. The van der Waals surface area contributed by atoms with E-state index < -0.39 is 11.9 Å². The van der Waals surface area contributed by atoms with E-state index in [2.05, 4.69) is 0 Å². The first-order chi connectivity index (χ1) is 6.15. The van der Waals surface area contributed by atoms with E-state index in [0.717, 1.165) is 7.48 Å². The number of rotatable bonds is 3. The molecule has 2 N–H and O–H groups in total. The number of carboxylic acids is 1. The molecular weight excluding hydrogens is 167 g/mol. The summed E-state index contributed by atoms with van der Waals surface area (Å²) in [7, 11) is 0.956. The topological polar surface area (TPSA) is 57.5 Å². The van der Waals surface area contributed by atoms with Crippen molar-refractivity contribution in [3.05, 3.63) is 29.8 Å². The zero-order valence-electron chi connectivity index (χ0n) is 7.27. The minimum atomic E-state index is -0.866. The Balaban J connectivity index is 2.94. The van der Waals surface area contributed by atoms with Crippen molar-refractivity contribution in [1.29, 1.82) is 0 Å². The van der Waals surface area contributed by atoms with Crippen LogP contribution in [0.15, 0.2) is 24.3 Å². The lowest BCUT2D eigenvalue weighted by Gasteiger charge is -2.06. The molecule has 1 unspecified atom stereocenters. The summed E-state index contributed by atoms with van der Waals surface area (Å²) in [6.07, 6.45) is 0. The number of benzene rings is 1. The number of aliphatic carboxylic acids is 1. The van der Waals surface area contributed by atoms with Gasteiger partial charge in [0, 0.05) is 0 Å². The number of carboxylic acid groups (broad SMARTS) is 1. The second-order valence-corrected chi connectivity index (χ2v) is 2.86. The lowest BCUT2D eigenvalue weighted by molar-refractivity contribution is -0.138. The molecule has 0 bridgehead atoms. The monoisotopic (exact) mass is 177 g/mol. The molecule has 0 aromatic heterocycles. The van der Waals surface area contributed by atoms with Crippen LogP contribution in [-0.4, -0.2) is 23.6 Å². The quantitative estimate of drug-likeness (QED) is 0.644. The smallest absolute Gasteiger partial charge is 0.326 e. The summed E-state index contributed by atoms with van der Waals surface area (Å²) in [6.45, 7) is 1.61. The first-order valence-electron chi connectivity index (χ1n) is 3.95. The van der Waals surface area contributed by atoms with Crippen molar-refractivity contribution in [3.8, 4) is 0 Å². The van der Waals surface area contributed by atoms with E-state index in [-0.39, 0.29) is 0 Å². The Morgan fingerprint density at radius 3 is 2.77 bits per heavy atom. The molecule has 4 heteroatoms. The lowest BCUT2D eigenvalue weighted by atomic mass is 9.85. The van der Waals surface area contributed by atoms with Crippen LogP contribution >= 0.6 is 0 Å². The molecule has 1 aromatic carbocycles. The number of carbonyl (C=O) groups is 1. The van der Waals surface area contributed by atoms with E-state index in [1.54, 1.807) is 31.2 Å². The Kier molecular flexibility index (Phi) is 3.09. The summed E-state index contributed by atoms with van der Waals surface area (Å²) >= 11 is 0. The largest absolute Gasteiger partial charge is 0.481 e. The van der Waals surface area contributed by atoms with E-state index in [4.69, 9.17) is 10.1 Å². The van der Waals surface area contributed by atoms with E-state index in [1.165, 1.54) is 0 Å². The maximum Gasteiger partial charge on any atom is 0.326 e. The molecule has 0 aliphatic carbocycles. The van der Waals surface area contributed by atoms with Crippen molar-refractivity contribution in [3.63, 3.8) is 0 Å². The molecule has 1 atom stereocenters. The second kappa shape index (κ2) is 4.09. The number of hydrogen-bond donors (Lipinski definition) is 2. The third kappa shape index (κ3) is 2.32. The SMILES string of the molecule is CC(C(=O)O)c1cccc([B]O)c1. The van der Waals surface area contributed by atoms with Gasteiger partial charge >= 0.3 is 13.5 Å². The van der Waals surface area contributed by atoms with Crippen LogP contribution in [-0.2, 0) is 4.79 Å². The molecule has 0 spiro atoms. The summed E-state index contributed by atoms with van der Waals surface area (Å²) in [6, 6.07) is 6.81. The van der Waals surface area contributed by atoms with Crippen molar-refractivity contribution in [1.82, 2.24) is 0 Å². The van der Waals surface area contributed by atoms with Crippen LogP contribution in [0.5, 0.6) is 0 Å². The first kappa shape index (κ1) is 9.80. The highest BCUT2D eigenvalue weighted by atomic mass is 16.4. The fourth-order valence-electron chi connectivity index (χ4n) is 1.05. The van der Waals surface area contributed by atoms with Crippen molar-refractivity contribution in [2.75, 3.05) is 0 Å². The molecule has 0 heterocycles. The minimum Gasteiger partial charge on any atom is -0.481 e. The van der Waals surface area contributed by atoms with Crippen molar-refractivity contribution in [2.24, 2.45) is 0 Å². The predicted octanol–water partition coefficient (Wildman–Crippen LogP) is 0.111. The van der Waals surface area contributed by atoms with Crippen LogP contribution in [0.3, 0.4) is 0 Å². The van der Waals surface area contributed by atoms with Crippen molar-refractivity contribution < 1.29 is 14.9 Å². The molecule has 0 aliphatic heterocycles. The van der Waals surface area contributed by atoms with Crippen molar-refractivity contribution in [2.45, 2.75) is 12.8 Å². The summed E-state index contributed by atoms with van der Waals surface area (Å²) in [4.78, 5) is 10.6. The first-order valence-corrected chi connectivity index (χ1v) is 3.95. The number of hydrogen-bond acceptors (Lipinski definition) is 2. The normalized spacial score (nSPS) is 12.2. The molecule has 1 radical (unpaired) electrons. The summed E-state index contributed by atoms with van der Waals surface area (Å²) in [5.41, 5.74) is 1.31. The van der Waals surface area contributed by atoms with Crippen LogP contribution in [0.2, 0.25) is 0 Å². The average Bonchev–Trinajstić information content (AvgIpc) is 2.16. The van der Waals surface area contributed by atoms with Gasteiger partial charge in [0.15, 0.2) is 0 Å². The Morgan fingerprint density at radius 1 is 1.54 bits per heavy atom. The Labute approximate surface area is 77.3 Å². The van der Waals surface area contributed by atoms with Gasteiger partial charge in [-0.1, -0.05) is 29.7 Å². The van der Waals surface area contributed by atoms with Crippen LogP contribution in [0.1, 0.15) is 18.4 Å². The third-order valence-electron chi connectivity index (χ3n) is 1.93. The van der Waals surface area contributed by atoms with Gasteiger partial charge in [-0.25, -0.2) is 0 Å². The van der Waals surface area contributed by atoms with Gasteiger partial charge < -0.3 is 10.1 Å². The molecule has 3 nitrogen and oxygen atoms in total. The standard InChI is InChI=1S/C9H10BO3/c1-6(9(11)12)7-3-2-4-8(5-7)10-13/h2-6,13H,1H3,(H,11,12). The summed E-state index contributed by atoms with van der Waals surface area (Å²) in [5.74, 6) is -1.41. The Bertz CT molecular complexity index is 311. The van der Waals surface area contributed by atoms with E-state index in [1.807, 2.05) is 0 Å². The summed E-state index contributed by atoms with van der Waals surface area (Å²) in [5, 5.41) is 17.4.